The first kappa shape index (κ1) is 15.3. The van der Waals surface area contributed by atoms with Crippen molar-refractivity contribution in [3.63, 3.8) is 0 Å². The molecule has 1 atom stereocenters. The van der Waals surface area contributed by atoms with Gasteiger partial charge >= 0.3 is 0 Å². The zero-order chi connectivity index (χ0) is 14.4. The number of benzene rings is 1. The Labute approximate surface area is 121 Å². The Kier molecular flexibility index (Phi) is 5.40. The van der Waals surface area contributed by atoms with Crippen molar-refractivity contribution < 1.29 is 9.47 Å². The van der Waals surface area contributed by atoms with Gasteiger partial charge in [-0.05, 0) is 30.9 Å². The van der Waals surface area contributed by atoms with Gasteiger partial charge in [0.05, 0.1) is 18.8 Å². The Morgan fingerprint density at radius 2 is 1.90 bits per heavy atom. The van der Waals surface area contributed by atoms with Crippen LogP contribution >= 0.6 is 0 Å². The van der Waals surface area contributed by atoms with E-state index in [1.165, 1.54) is 24.8 Å². The molecule has 0 amide bonds. The molecule has 0 saturated heterocycles. The molecular formula is C16H26N2O2. The van der Waals surface area contributed by atoms with E-state index in [1.54, 1.807) is 14.2 Å². The Bertz CT molecular complexity index is 417. The fraction of sp³-hybridized carbons (Fsp3) is 0.625. The van der Waals surface area contributed by atoms with Gasteiger partial charge in [-0.1, -0.05) is 37.5 Å². The molecular weight excluding hydrogens is 252 g/mol. The van der Waals surface area contributed by atoms with E-state index < -0.39 is 0 Å². The van der Waals surface area contributed by atoms with Crippen LogP contribution in [0.15, 0.2) is 24.3 Å². The Hall–Kier alpha value is -1.10. The molecule has 0 radical (unpaired) electrons. The number of nitrogens with one attached hydrogen (secondary N) is 1. The lowest BCUT2D eigenvalue weighted by atomic mass is 9.77. The van der Waals surface area contributed by atoms with E-state index in [2.05, 4.69) is 11.5 Å². The normalized spacial score (nSPS) is 19.6. The van der Waals surface area contributed by atoms with Gasteiger partial charge in [0.2, 0.25) is 0 Å². The zero-order valence-electron chi connectivity index (χ0n) is 12.5. The van der Waals surface area contributed by atoms with Crippen LogP contribution in [0.4, 0.5) is 0 Å². The van der Waals surface area contributed by atoms with Gasteiger partial charge in [-0.3, -0.25) is 11.3 Å². The van der Waals surface area contributed by atoms with Crippen molar-refractivity contribution >= 4 is 0 Å². The Morgan fingerprint density at radius 3 is 2.50 bits per heavy atom. The number of rotatable bonds is 6. The topological polar surface area (TPSA) is 56.5 Å². The maximum Gasteiger partial charge on any atom is 0.122 e. The zero-order valence-corrected chi connectivity index (χ0v) is 12.5. The molecule has 1 saturated carbocycles. The first-order valence-electron chi connectivity index (χ1n) is 7.39. The van der Waals surface area contributed by atoms with Crippen molar-refractivity contribution in [2.75, 3.05) is 14.2 Å². The molecule has 1 aromatic rings. The van der Waals surface area contributed by atoms with Crippen molar-refractivity contribution in [1.29, 1.82) is 0 Å². The number of methoxy groups -OCH3 is 2. The maximum atomic E-state index is 5.89. The minimum atomic E-state index is -0.159. The molecule has 112 valence electrons. The maximum absolute atomic E-state index is 5.89. The standard InChI is InChI=1S/C16H26N2O2/c1-19-14-9-5-4-8-13(14)12-15(18-17)16(20-2)10-6-3-7-11-16/h4-5,8-9,15,18H,3,6-7,10-12,17H2,1-2H3. The molecule has 0 aromatic heterocycles. The highest BCUT2D eigenvalue weighted by molar-refractivity contribution is 5.34. The molecule has 1 aromatic carbocycles. The van der Waals surface area contributed by atoms with Crippen molar-refractivity contribution in [3.8, 4) is 5.75 Å². The van der Waals surface area contributed by atoms with E-state index in [9.17, 15) is 0 Å². The van der Waals surface area contributed by atoms with E-state index in [0.29, 0.717) is 0 Å². The SMILES string of the molecule is COc1ccccc1CC(NN)C1(OC)CCCCC1. The lowest BCUT2D eigenvalue weighted by Gasteiger charge is -2.42. The molecule has 0 heterocycles. The summed E-state index contributed by atoms with van der Waals surface area (Å²) in [5.74, 6) is 6.74. The monoisotopic (exact) mass is 278 g/mol. The van der Waals surface area contributed by atoms with Crippen LogP contribution < -0.4 is 16.0 Å². The summed E-state index contributed by atoms with van der Waals surface area (Å²) >= 11 is 0. The van der Waals surface area contributed by atoms with Gasteiger partial charge in [0, 0.05) is 7.11 Å². The third-order valence-corrected chi connectivity index (χ3v) is 4.56. The highest BCUT2D eigenvalue weighted by atomic mass is 16.5. The summed E-state index contributed by atoms with van der Waals surface area (Å²) in [5.41, 5.74) is 3.99. The van der Waals surface area contributed by atoms with E-state index in [0.717, 1.165) is 25.0 Å². The summed E-state index contributed by atoms with van der Waals surface area (Å²) in [4.78, 5) is 0. The van der Waals surface area contributed by atoms with Gasteiger partial charge in [0.1, 0.15) is 5.75 Å². The van der Waals surface area contributed by atoms with Crippen molar-refractivity contribution in [3.05, 3.63) is 29.8 Å². The molecule has 0 aliphatic heterocycles. The predicted octanol–water partition coefficient (Wildman–Crippen LogP) is 2.42. The van der Waals surface area contributed by atoms with E-state index in [1.807, 2.05) is 18.2 Å². The van der Waals surface area contributed by atoms with Gasteiger partial charge in [0.15, 0.2) is 0 Å². The fourth-order valence-corrected chi connectivity index (χ4v) is 3.33. The first-order valence-corrected chi connectivity index (χ1v) is 7.39. The first-order chi connectivity index (χ1) is 9.75. The molecule has 0 bridgehead atoms. The van der Waals surface area contributed by atoms with Crippen molar-refractivity contribution in [1.82, 2.24) is 5.43 Å². The van der Waals surface area contributed by atoms with E-state index in [4.69, 9.17) is 15.3 Å². The average Bonchev–Trinajstić information content (AvgIpc) is 2.53. The largest absolute Gasteiger partial charge is 0.496 e. The molecule has 1 aliphatic rings. The third kappa shape index (κ3) is 3.14. The average molecular weight is 278 g/mol. The predicted molar refractivity (Wildman–Crippen MR) is 80.6 cm³/mol. The van der Waals surface area contributed by atoms with Gasteiger partial charge < -0.3 is 9.47 Å². The Morgan fingerprint density at radius 1 is 1.20 bits per heavy atom. The van der Waals surface area contributed by atoms with Crippen LogP contribution in [-0.2, 0) is 11.2 Å². The number of hydrogen-bond acceptors (Lipinski definition) is 4. The number of nitrogens with two attached hydrogens (primary N) is 1. The summed E-state index contributed by atoms with van der Waals surface area (Å²) in [7, 11) is 3.51. The lowest BCUT2D eigenvalue weighted by molar-refractivity contribution is -0.0674. The summed E-state index contributed by atoms with van der Waals surface area (Å²) in [6, 6.07) is 8.20. The van der Waals surface area contributed by atoms with Crippen LogP contribution in [0.25, 0.3) is 0 Å². The molecule has 1 unspecified atom stereocenters. The second kappa shape index (κ2) is 7.07. The van der Waals surface area contributed by atoms with Crippen molar-refractivity contribution in [2.45, 2.75) is 50.2 Å². The molecule has 0 spiro atoms. The molecule has 3 N–H and O–H groups in total. The van der Waals surface area contributed by atoms with E-state index >= 15 is 0 Å². The molecule has 1 fully saturated rings. The summed E-state index contributed by atoms with van der Waals surface area (Å²) in [6.07, 6.45) is 6.64. The summed E-state index contributed by atoms with van der Waals surface area (Å²) in [6.45, 7) is 0. The van der Waals surface area contributed by atoms with Crippen LogP contribution in [0.3, 0.4) is 0 Å². The number of para-hydroxylation sites is 1. The summed E-state index contributed by atoms with van der Waals surface area (Å²) in [5, 5.41) is 0. The highest BCUT2D eigenvalue weighted by Gasteiger charge is 2.39. The third-order valence-electron chi connectivity index (χ3n) is 4.56. The second-order valence-corrected chi connectivity index (χ2v) is 5.56. The molecule has 2 rings (SSSR count). The number of ether oxygens (including phenoxy) is 2. The van der Waals surface area contributed by atoms with Crippen LogP contribution in [0, 0.1) is 0 Å². The number of hydrogen-bond donors (Lipinski definition) is 2. The van der Waals surface area contributed by atoms with Crippen LogP contribution in [-0.4, -0.2) is 25.9 Å². The minimum absolute atomic E-state index is 0.101. The Balaban J connectivity index is 2.19. The fourth-order valence-electron chi connectivity index (χ4n) is 3.33. The summed E-state index contributed by atoms with van der Waals surface area (Å²) < 4.78 is 11.3. The second-order valence-electron chi connectivity index (χ2n) is 5.56. The van der Waals surface area contributed by atoms with Crippen LogP contribution in [0.1, 0.15) is 37.7 Å². The van der Waals surface area contributed by atoms with E-state index in [-0.39, 0.29) is 11.6 Å². The highest BCUT2D eigenvalue weighted by Crippen LogP contribution is 2.36. The molecule has 20 heavy (non-hydrogen) atoms. The van der Waals surface area contributed by atoms with Gasteiger partial charge in [-0.25, -0.2) is 0 Å². The van der Waals surface area contributed by atoms with Gasteiger partial charge in [0.25, 0.3) is 0 Å². The smallest absolute Gasteiger partial charge is 0.122 e. The molecule has 4 nitrogen and oxygen atoms in total. The lowest BCUT2D eigenvalue weighted by Crippen LogP contribution is -2.56. The quantitative estimate of drug-likeness (QED) is 0.620. The van der Waals surface area contributed by atoms with Crippen LogP contribution in [0.5, 0.6) is 5.75 Å². The number of hydrazine groups is 1. The molecule has 4 heteroatoms. The molecule has 1 aliphatic carbocycles. The minimum Gasteiger partial charge on any atom is -0.496 e. The van der Waals surface area contributed by atoms with Crippen LogP contribution in [0.2, 0.25) is 0 Å². The van der Waals surface area contributed by atoms with Gasteiger partial charge in [-0.15, -0.1) is 0 Å². The van der Waals surface area contributed by atoms with Crippen molar-refractivity contribution in [2.24, 2.45) is 5.84 Å². The van der Waals surface area contributed by atoms with Gasteiger partial charge in [-0.2, -0.15) is 0 Å².